The maximum atomic E-state index is 13.9. The van der Waals surface area contributed by atoms with Gasteiger partial charge in [0.1, 0.15) is 0 Å². The number of anilines is 2. The first-order chi connectivity index (χ1) is 19.2. The Hall–Kier alpha value is -4.33. The Morgan fingerprint density at radius 3 is 2.31 bits per heavy atom. The second-order valence-electron chi connectivity index (χ2n) is 10.6. The minimum absolute atomic E-state index is 0.0227. The van der Waals surface area contributed by atoms with Gasteiger partial charge >= 0.3 is 0 Å². The number of carbonyl (C=O) groups excluding carboxylic acids is 2. The zero-order valence-corrected chi connectivity index (χ0v) is 21.8. The van der Waals surface area contributed by atoms with Gasteiger partial charge in [0.2, 0.25) is 5.91 Å². The molecule has 2 N–H and O–H groups in total. The van der Waals surface area contributed by atoms with Crippen LogP contribution in [0.1, 0.15) is 77.4 Å². The van der Waals surface area contributed by atoms with Gasteiger partial charge in [-0.1, -0.05) is 79.0 Å². The third-order valence-corrected chi connectivity index (χ3v) is 8.01. The number of hydrogen-bond donors (Lipinski definition) is 2. The van der Waals surface area contributed by atoms with Gasteiger partial charge < -0.3 is 4.90 Å². The van der Waals surface area contributed by atoms with Gasteiger partial charge in [-0.3, -0.25) is 14.9 Å². The summed E-state index contributed by atoms with van der Waals surface area (Å²) >= 11 is 0. The zero-order valence-electron chi connectivity index (χ0n) is 21.8. The minimum atomic E-state index is -0.321. The number of rotatable bonds is 8. The Kier molecular flexibility index (Phi) is 7.17. The van der Waals surface area contributed by atoms with Crippen molar-refractivity contribution in [3.8, 4) is 0 Å². The van der Waals surface area contributed by atoms with Crippen molar-refractivity contribution in [2.45, 2.75) is 56.9 Å². The lowest BCUT2D eigenvalue weighted by Gasteiger charge is -2.26. The van der Waals surface area contributed by atoms with E-state index in [0.717, 1.165) is 17.7 Å². The molecule has 8 heteroatoms. The number of H-pyrrole nitrogens is 1. The van der Waals surface area contributed by atoms with Gasteiger partial charge in [0, 0.05) is 17.2 Å². The first-order valence-electron chi connectivity index (χ1n) is 13.8. The van der Waals surface area contributed by atoms with Crippen molar-refractivity contribution in [1.82, 2.24) is 20.6 Å². The standard InChI is InChI=1S/C31H32N6O2/c38-29(32-31-33-35-36-34-31)25-13-11-21(12-14-25)20-37(30(39)28-19-27(28)24-9-5-2-6-10-24)26-17-15-23(16-18-26)22-7-3-1-4-8-22/h2,5-6,9-18,22,27-28H,1,3-4,7-8,19-20H2,(H2,32,33,34,35,36,38). The molecule has 0 aliphatic heterocycles. The highest BCUT2D eigenvalue weighted by Gasteiger charge is 2.46. The predicted molar refractivity (Wildman–Crippen MR) is 149 cm³/mol. The van der Waals surface area contributed by atoms with Gasteiger partial charge in [-0.15, -0.1) is 5.10 Å². The maximum absolute atomic E-state index is 13.9. The SMILES string of the molecule is O=C(Nc1nn[nH]n1)c1ccc(CN(C(=O)C2CC2c2ccccc2)c2ccc(C3CCCCC3)cc2)cc1. The van der Waals surface area contributed by atoms with E-state index in [0.29, 0.717) is 18.0 Å². The average molecular weight is 521 g/mol. The maximum Gasteiger partial charge on any atom is 0.270 e. The lowest BCUT2D eigenvalue weighted by molar-refractivity contribution is -0.120. The van der Waals surface area contributed by atoms with E-state index in [1.807, 2.05) is 35.2 Å². The molecule has 0 bridgehead atoms. The largest absolute Gasteiger partial charge is 0.308 e. The van der Waals surface area contributed by atoms with Gasteiger partial charge in [-0.25, -0.2) is 0 Å². The van der Waals surface area contributed by atoms with Crippen LogP contribution in [0.4, 0.5) is 11.6 Å². The average Bonchev–Trinajstić information content (AvgIpc) is 3.64. The molecule has 0 spiro atoms. The van der Waals surface area contributed by atoms with Gasteiger partial charge in [-0.05, 0) is 77.3 Å². The van der Waals surface area contributed by atoms with Crippen LogP contribution in [0, 0.1) is 5.92 Å². The Bertz CT molecular complexity index is 1400. The molecule has 0 saturated heterocycles. The van der Waals surface area contributed by atoms with Crippen LogP contribution in [0.5, 0.6) is 0 Å². The topological polar surface area (TPSA) is 104 Å². The highest BCUT2D eigenvalue weighted by atomic mass is 16.2. The van der Waals surface area contributed by atoms with E-state index in [1.54, 1.807) is 12.1 Å². The van der Waals surface area contributed by atoms with E-state index in [4.69, 9.17) is 0 Å². The second-order valence-corrected chi connectivity index (χ2v) is 10.6. The van der Waals surface area contributed by atoms with Crippen molar-refractivity contribution in [3.63, 3.8) is 0 Å². The highest BCUT2D eigenvalue weighted by molar-refractivity contribution is 6.03. The monoisotopic (exact) mass is 520 g/mol. The molecule has 2 saturated carbocycles. The van der Waals surface area contributed by atoms with Crippen LogP contribution in [0.15, 0.2) is 78.9 Å². The molecule has 1 aromatic heterocycles. The number of amides is 2. The first-order valence-corrected chi connectivity index (χ1v) is 13.8. The Morgan fingerprint density at radius 2 is 1.62 bits per heavy atom. The molecular weight excluding hydrogens is 488 g/mol. The van der Waals surface area contributed by atoms with Crippen LogP contribution in [-0.2, 0) is 11.3 Å². The van der Waals surface area contributed by atoms with Gasteiger partial charge in [-0.2, -0.15) is 5.21 Å². The number of nitrogens with zero attached hydrogens (tertiary/aromatic N) is 4. The van der Waals surface area contributed by atoms with Crippen molar-refractivity contribution < 1.29 is 9.59 Å². The molecule has 0 radical (unpaired) electrons. The van der Waals surface area contributed by atoms with E-state index >= 15 is 0 Å². The molecule has 6 rings (SSSR count). The predicted octanol–water partition coefficient (Wildman–Crippen LogP) is 5.84. The Morgan fingerprint density at radius 1 is 0.872 bits per heavy atom. The summed E-state index contributed by atoms with van der Waals surface area (Å²) in [6, 6.07) is 26.2. The van der Waals surface area contributed by atoms with Gasteiger partial charge in [0.15, 0.2) is 0 Å². The number of nitrogens with one attached hydrogen (secondary N) is 2. The van der Waals surface area contributed by atoms with Gasteiger partial charge in [0.05, 0.1) is 6.54 Å². The fourth-order valence-electron chi connectivity index (χ4n) is 5.73. The number of aromatic nitrogens is 4. The molecule has 2 fully saturated rings. The van der Waals surface area contributed by atoms with E-state index in [-0.39, 0.29) is 29.6 Å². The summed E-state index contributed by atoms with van der Waals surface area (Å²) in [6.45, 7) is 0.437. The number of hydrogen-bond acceptors (Lipinski definition) is 5. The molecular formula is C31H32N6O2. The summed E-state index contributed by atoms with van der Waals surface area (Å²) in [5.74, 6) is 0.805. The third kappa shape index (κ3) is 5.74. The highest BCUT2D eigenvalue weighted by Crippen LogP contribution is 2.49. The molecule has 198 valence electrons. The van der Waals surface area contributed by atoms with Crippen LogP contribution in [-0.4, -0.2) is 32.4 Å². The normalized spacial score (nSPS) is 18.9. The van der Waals surface area contributed by atoms with Gasteiger partial charge in [0.25, 0.3) is 11.9 Å². The Labute approximate surface area is 227 Å². The molecule has 2 aliphatic carbocycles. The van der Waals surface area contributed by atoms with E-state index in [2.05, 4.69) is 62.3 Å². The summed E-state index contributed by atoms with van der Waals surface area (Å²) in [4.78, 5) is 28.3. The molecule has 8 nitrogen and oxygen atoms in total. The van der Waals surface area contributed by atoms with Crippen LogP contribution >= 0.6 is 0 Å². The fraction of sp³-hybridized carbons (Fsp3) is 0.323. The Balaban J connectivity index is 1.21. The molecule has 2 unspecified atom stereocenters. The fourth-order valence-corrected chi connectivity index (χ4v) is 5.73. The summed E-state index contributed by atoms with van der Waals surface area (Å²) in [5, 5.41) is 15.9. The first kappa shape index (κ1) is 25.0. The van der Waals surface area contributed by atoms with E-state index in [9.17, 15) is 9.59 Å². The lowest BCUT2D eigenvalue weighted by Crippen LogP contribution is -2.32. The summed E-state index contributed by atoms with van der Waals surface area (Å²) in [5.41, 5.74) is 4.94. The molecule has 2 atom stereocenters. The second kappa shape index (κ2) is 11.2. The number of tetrazole rings is 1. The molecule has 2 aliphatic rings. The summed E-state index contributed by atoms with van der Waals surface area (Å²) in [6.07, 6.45) is 7.28. The van der Waals surface area contributed by atoms with Crippen molar-refractivity contribution in [3.05, 3.63) is 101 Å². The smallest absolute Gasteiger partial charge is 0.270 e. The van der Waals surface area contributed by atoms with Crippen molar-refractivity contribution in [2.24, 2.45) is 5.92 Å². The summed E-state index contributed by atoms with van der Waals surface area (Å²) in [7, 11) is 0. The molecule has 2 amide bonds. The lowest BCUT2D eigenvalue weighted by atomic mass is 9.84. The number of benzene rings is 3. The van der Waals surface area contributed by atoms with E-state index < -0.39 is 0 Å². The quantitative estimate of drug-likeness (QED) is 0.304. The third-order valence-electron chi connectivity index (χ3n) is 8.01. The summed E-state index contributed by atoms with van der Waals surface area (Å²) < 4.78 is 0. The van der Waals surface area contributed by atoms with Crippen LogP contribution in [0.25, 0.3) is 0 Å². The molecule has 39 heavy (non-hydrogen) atoms. The number of aromatic amines is 1. The molecule has 3 aromatic carbocycles. The number of carbonyl (C=O) groups is 2. The van der Waals surface area contributed by atoms with Crippen molar-refractivity contribution >= 4 is 23.5 Å². The molecule has 1 heterocycles. The van der Waals surface area contributed by atoms with Crippen molar-refractivity contribution in [2.75, 3.05) is 10.2 Å². The van der Waals surface area contributed by atoms with Crippen LogP contribution in [0.2, 0.25) is 0 Å². The minimum Gasteiger partial charge on any atom is -0.308 e. The zero-order chi connectivity index (χ0) is 26.6. The van der Waals surface area contributed by atoms with Crippen LogP contribution in [0.3, 0.4) is 0 Å². The van der Waals surface area contributed by atoms with E-state index in [1.165, 1.54) is 43.2 Å². The molecule has 4 aromatic rings. The van der Waals surface area contributed by atoms with Crippen LogP contribution < -0.4 is 10.2 Å². The van der Waals surface area contributed by atoms with Crippen molar-refractivity contribution in [1.29, 1.82) is 0 Å².